The van der Waals surface area contributed by atoms with Crippen LogP contribution in [0.2, 0.25) is 0 Å². The van der Waals surface area contributed by atoms with Crippen molar-refractivity contribution in [2.45, 2.75) is 45.6 Å². The molecule has 1 aliphatic rings. The van der Waals surface area contributed by atoms with Crippen molar-refractivity contribution in [2.24, 2.45) is 5.92 Å². The zero-order valence-corrected chi connectivity index (χ0v) is 11.8. The van der Waals surface area contributed by atoms with E-state index in [1.165, 1.54) is 36.8 Å². The van der Waals surface area contributed by atoms with E-state index in [4.69, 9.17) is 4.74 Å². The summed E-state index contributed by atoms with van der Waals surface area (Å²) in [5.41, 5.74) is 2.53. The summed E-state index contributed by atoms with van der Waals surface area (Å²) < 4.78 is 6.08. The lowest BCUT2D eigenvalue weighted by atomic mass is 10.0. The number of aryl methyl sites for hydroxylation is 1. The van der Waals surface area contributed by atoms with E-state index in [-0.39, 0.29) is 0 Å². The normalized spacial score (nSPS) is 17.9. The summed E-state index contributed by atoms with van der Waals surface area (Å²) in [7, 11) is 1.99. The Morgan fingerprint density at radius 1 is 1.33 bits per heavy atom. The lowest BCUT2D eigenvalue weighted by Gasteiger charge is -2.19. The summed E-state index contributed by atoms with van der Waals surface area (Å²) >= 11 is 0. The highest BCUT2D eigenvalue weighted by Crippen LogP contribution is 2.29. The zero-order valence-electron chi connectivity index (χ0n) is 11.8. The zero-order chi connectivity index (χ0) is 13.0. The Kier molecular flexibility index (Phi) is 4.65. The molecule has 0 amide bonds. The second kappa shape index (κ2) is 6.24. The minimum absolute atomic E-state index is 0.337. The highest BCUT2D eigenvalue weighted by atomic mass is 16.5. The predicted molar refractivity (Wildman–Crippen MR) is 76.1 cm³/mol. The highest BCUT2D eigenvalue weighted by Gasteiger charge is 2.17. The van der Waals surface area contributed by atoms with E-state index in [1.54, 1.807) is 0 Å². The van der Waals surface area contributed by atoms with Crippen LogP contribution in [-0.4, -0.2) is 13.7 Å². The molecule has 2 nitrogen and oxygen atoms in total. The maximum absolute atomic E-state index is 6.08. The van der Waals surface area contributed by atoms with Gasteiger partial charge in [-0.25, -0.2) is 0 Å². The maximum atomic E-state index is 6.08. The largest absolute Gasteiger partial charge is 0.493 e. The average Bonchev–Trinajstić information content (AvgIpc) is 2.88. The second-order valence-corrected chi connectivity index (χ2v) is 5.51. The van der Waals surface area contributed by atoms with Crippen molar-refractivity contribution in [3.8, 4) is 5.75 Å². The van der Waals surface area contributed by atoms with Gasteiger partial charge in [-0.3, -0.25) is 0 Å². The Hall–Kier alpha value is -1.02. The Morgan fingerprint density at radius 3 is 2.72 bits per heavy atom. The van der Waals surface area contributed by atoms with E-state index < -0.39 is 0 Å². The molecule has 1 aliphatic carbocycles. The van der Waals surface area contributed by atoms with Crippen LogP contribution in [0.4, 0.5) is 0 Å². The standard InChI is InChI=1S/C16H25NO/c1-12-8-9-15(13(2)17-3)16(10-12)18-11-14-6-4-5-7-14/h8-10,13-14,17H,4-7,11H2,1-3H3. The van der Waals surface area contributed by atoms with Gasteiger partial charge in [-0.05, 0) is 51.3 Å². The molecule has 1 unspecified atom stereocenters. The van der Waals surface area contributed by atoms with Crippen LogP contribution in [0.5, 0.6) is 5.75 Å². The third kappa shape index (κ3) is 3.26. The van der Waals surface area contributed by atoms with E-state index in [9.17, 15) is 0 Å². The molecule has 2 heteroatoms. The molecule has 1 atom stereocenters. The molecule has 0 heterocycles. The van der Waals surface area contributed by atoms with E-state index in [0.717, 1.165) is 18.3 Å². The van der Waals surface area contributed by atoms with Crippen LogP contribution >= 0.6 is 0 Å². The van der Waals surface area contributed by atoms with Crippen LogP contribution in [-0.2, 0) is 0 Å². The summed E-state index contributed by atoms with van der Waals surface area (Å²) in [6, 6.07) is 6.84. The maximum Gasteiger partial charge on any atom is 0.124 e. The molecule has 0 aliphatic heterocycles. The molecule has 1 N–H and O–H groups in total. The molecule has 0 spiro atoms. The van der Waals surface area contributed by atoms with E-state index in [1.807, 2.05) is 7.05 Å². The molecule has 0 bridgehead atoms. The first-order valence-corrected chi connectivity index (χ1v) is 7.11. The lowest BCUT2D eigenvalue weighted by Crippen LogP contribution is -2.15. The topological polar surface area (TPSA) is 21.3 Å². The SMILES string of the molecule is CNC(C)c1ccc(C)cc1OCC1CCCC1. The van der Waals surface area contributed by atoms with Crippen LogP contribution in [0.3, 0.4) is 0 Å². The van der Waals surface area contributed by atoms with Gasteiger partial charge in [0.25, 0.3) is 0 Å². The number of ether oxygens (including phenoxy) is 1. The Labute approximate surface area is 111 Å². The van der Waals surface area contributed by atoms with Crippen LogP contribution in [0.1, 0.15) is 49.8 Å². The van der Waals surface area contributed by atoms with Crippen LogP contribution in [0, 0.1) is 12.8 Å². The number of benzene rings is 1. The minimum atomic E-state index is 0.337. The first kappa shape index (κ1) is 13.4. The molecule has 1 aromatic carbocycles. The number of rotatable bonds is 5. The Bertz CT molecular complexity index is 383. The van der Waals surface area contributed by atoms with Gasteiger partial charge in [0, 0.05) is 11.6 Å². The average molecular weight is 247 g/mol. The van der Waals surface area contributed by atoms with Crippen molar-refractivity contribution >= 4 is 0 Å². The van der Waals surface area contributed by atoms with Gasteiger partial charge in [0.1, 0.15) is 5.75 Å². The van der Waals surface area contributed by atoms with Crippen molar-refractivity contribution in [3.63, 3.8) is 0 Å². The predicted octanol–water partition coefficient (Wildman–Crippen LogP) is 3.84. The third-order valence-electron chi connectivity index (χ3n) is 4.02. The lowest BCUT2D eigenvalue weighted by molar-refractivity contribution is 0.248. The summed E-state index contributed by atoms with van der Waals surface area (Å²) in [5.74, 6) is 1.83. The van der Waals surface area contributed by atoms with Gasteiger partial charge in [-0.1, -0.05) is 25.0 Å². The van der Waals surface area contributed by atoms with Crippen molar-refractivity contribution in [2.75, 3.05) is 13.7 Å². The van der Waals surface area contributed by atoms with Gasteiger partial charge in [0.15, 0.2) is 0 Å². The molecule has 2 rings (SSSR count). The molecular weight excluding hydrogens is 222 g/mol. The molecule has 0 aromatic heterocycles. The van der Waals surface area contributed by atoms with Gasteiger partial charge < -0.3 is 10.1 Å². The fraction of sp³-hybridized carbons (Fsp3) is 0.625. The van der Waals surface area contributed by atoms with Crippen LogP contribution < -0.4 is 10.1 Å². The fourth-order valence-corrected chi connectivity index (χ4v) is 2.66. The third-order valence-corrected chi connectivity index (χ3v) is 4.02. The monoisotopic (exact) mass is 247 g/mol. The molecule has 1 saturated carbocycles. The van der Waals surface area contributed by atoms with Gasteiger partial charge in [-0.2, -0.15) is 0 Å². The summed E-state index contributed by atoms with van der Waals surface area (Å²) in [6.45, 7) is 5.18. The molecule has 100 valence electrons. The number of hydrogen-bond acceptors (Lipinski definition) is 2. The quantitative estimate of drug-likeness (QED) is 0.853. The van der Waals surface area contributed by atoms with Crippen LogP contribution in [0.15, 0.2) is 18.2 Å². The smallest absolute Gasteiger partial charge is 0.124 e. The van der Waals surface area contributed by atoms with Crippen molar-refractivity contribution < 1.29 is 4.74 Å². The van der Waals surface area contributed by atoms with Crippen molar-refractivity contribution in [1.82, 2.24) is 5.32 Å². The van der Waals surface area contributed by atoms with Gasteiger partial charge >= 0.3 is 0 Å². The number of hydrogen-bond donors (Lipinski definition) is 1. The molecule has 1 aromatic rings. The molecule has 0 saturated heterocycles. The van der Waals surface area contributed by atoms with Crippen molar-refractivity contribution in [3.05, 3.63) is 29.3 Å². The van der Waals surface area contributed by atoms with Gasteiger partial charge in [-0.15, -0.1) is 0 Å². The molecule has 0 radical (unpaired) electrons. The summed E-state index contributed by atoms with van der Waals surface area (Å²) in [5, 5.41) is 3.29. The summed E-state index contributed by atoms with van der Waals surface area (Å²) in [4.78, 5) is 0. The number of nitrogens with one attached hydrogen (secondary N) is 1. The first-order valence-electron chi connectivity index (χ1n) is 7.11. The van der Waals surface area contributed by atoms with Gasteiger partial charge in [0.05, 0.1) is 6.61 Å². The Morgan fingerprint density at radius 2 is 2.06 bits per heavy atom. The Balaban J connectivity index is 2.06. The second-order valence-electron chi connectivity index (χ2n) is 5.51. The van der Waals surface area contributed by atoms with E-state index in [2.05, 4.69) is 37.4 Å². The minimum Gasteiger partial charge on any atom is -0.493 e. The fourth-order valence-electron chi connectivity index (χ4n) is 2.66. The molecular formula is C16H25NO. The highest BCUT2D eigenvalue weighted by molar-refractivity contribution is 5.39. The van der Waals surface area contributed by atoms with Gasteiger partial charge in [0.2, 0.25) is 0 Å². The van der Waals surface area contributed by atoms with Crippen LogP contribution in [0.25, 0.3) is 0 Å². The van der Waals surface area contributed by atoms with E-state index >= 15 is 0 Å². The van der Waals surface area contributed by atoms with E-state index in [0.29, 0.717) is 6.04 Å². The summed E-state index contributed by atoms with van der Waals surface area (Å²) in [6.07, 6.45) is 5.43. The first-order chi connectivity index (χ1) is 8.70. The van der Waals surface area contributed by atoms with Crippen molar-refractivity contribution in [1.29, 1.82) is 0 Å². The molecule has 18 heavy (non-hydrogen) atoms. The molecule has 1 fully saturated rings.